The van der Waals surface area contributed by atoms with E-state index >= 15 is 0 Å². The summed E-state index contributed by atoms with van der Waals surface area (Å²) in [6, 6.07) is 15.3. The van der Waals surface area contributed by atoms with Crippen molar-refractivity contribution in [3.63, 3.8) is 0 Å². The molecular formula is C15H12O4S. The van der Waals surface area contributed by atoms with Crippen LogP contribution in [0.3, 0.4) is 0 Å². The Morgan fingerprint density at radius 1 is 0.950 bits per heavy atom. The maximum atomic E-state index is 11.7. The van der Waals surface area contributed by atoms with Gasteiger partial charge >= 0.3 is 11.9 Å². The third kappa shape index (κ3) is 3.86. The van der Waals surface area contributed by atoms with Crippen LogP contribution in [0, 0.1) is 0 Å². The molecule has 0 saturated carbocycles. The molecule has 0 spiro atoms. The maximum absolute atomic E-state index is 11.7. The molecule has 2 rings (SSSR count). The van der Waals surface area contributed by atoms with Crippen LogP contribution in [0.1, 0.15) is 26.3 Å². The fourth-order valence-corrected chi connectivity index (χ4v) is 2.11. The third-order valence-corrected chi connectivity index (χ3v) is 3.29. The van der Waals surface area contributed by atoms with Gasteiger partial charge in [0.25, 0.3) is 0 Å². The van der Waals surface area contributed by atoms with Gasteiger partial charge in [0.15, 0.2) is 0 Å². The zero-order chi connectivity index (χ0) is 14.4. The Bertz CT molecular complexity index is 593. The molecule has 0 atom stereocenters. The van der Waals surface area contributed by atoms with E-state index in [0.29, 0.717) is 11.3 Å². The highest BCUT2D eigenvalue weighted by Gasteiger charge is 2.09. The normalized spacial score (nSPS) is 10.0. The molecule has 1 N–H and O–H groups in total. The third-order valence-electron chi connectivity index (χ3n) is 2.57. The van der Waals surface area contributed by atoms with Crippen molar-refractivity contribution in [2.75, 3.05) is 0 Å². The van der Waals surface area contributed by atoms with Crippen molar-refractivity contribution >= 4 is 24.0 Å². The van der Waals surface area contributed by atoms with Crippen molar-refractivity contribution in [2.24, 2.45) is 0 Å². The summed E-state index contributed by atoms with van der Waals surface area (Å²) in [5, 5.41) is 8.76. The van der Waals surface area contributed by atoms with E-state index in [1.54, 1.807) is 0 Å². The van der Waals surface area contributed by atoms with E-state index < -0.39 is 11.9 Å². The summed E-state index contributed by atoms with van der Waals surface area (Å²) in [5.74, 6) is -0.939. The van der Waals surface area contributed by atoms with Gasteiger partial charge < -0.3 is 9.29 Å². The molecular weight excluding hydrogens is 276 g/mol. The predicted molar refractivity (Wildman–Crippen MR) is 76.6 cm³/mol. The largest absolute Gasteiger partial charge is 0.478 e. The van der Waals surface area contributed by atoms with Crippen LogP contribution in [0.15, 0.2) is 54.6 Å². The number of aromatic carboxylic acids is 1. The minimum atomic E-state index is -1.02. The lowest BCUT2D eigenvalue weighted by Gasteiger charge is -2.03. The summed E-state index contributed by atoms with van der Waals surface area (Å²) in [6.07, 6.45) is 0. The quantitative estimate of drug-likeness (QED) is 0.854. The van der Waals surface area contributed by atoms with Gasteiger partial charge in [0.2, 0.25) is 0 Å². The number of hydrogen-bond acceptors (Lipinski definition) is 4. The molecule has 5 heteroatoms. The van der Waals surface area contributed by atoms with E-state index in [4.69, 9.17) is 9.29 Å². The molecule has 0 unspecified atom stereocenters. The second kappa shape index (κ2) is 6.77. The van der Waals surface area contributed by atoms with E-state index in [1.807, 2.05) is 30.3 Å². The lowest BCUT2D eigenvalue weighted by molar-refractivity contribution is 0.0694. The Morgan fingerprint density at radius 2 is 1.55 bits per heavy atom. The van der Waals surface area contributed by atoms with Gasteiger partial charge in [-0.3, -0.25) is 0 Å². The van der Waals surface area contributed by atoms with Crippen LogP contribution < -0.4 is 0 Å². The molecule has 0 saturated heterocycles. The minimum absolute atomic E-state index is 0.137. The van der Waals surface area contributed by atoms with E-state index in [2.05, 4.69) is 0 Å². The number of carbonyl (C=O) groups is 2. The SMILES string of the molecule is O=C(O)c1ccc(C(=O)OSCc2ccccc2)cc1. The molecule has 102 valence electrons. The zero-order valence-corrected chi connectivity index (χ0v) is 11.3. The molecule has 0 aliphatic heterocycles. The molecule has 0 amide bonds. The number of hydrogen-bond donors (Lipinski definition) is 1. The van der Waals surface area contributed by atoms with E-state index in [9.17, 15) is 9.59 Å². The van der Waals surface area contributed by atoms with Crippen LogP contribution >= 0.6 is 12.0 Å². The molecule has 2 aromatic rings. The second-order valence-electron chi connectivity index (χ2n) is 4.00. The van der Waals surface area contributed by atoms with Crippen molar-refractivity contribution < 1.29 is 18.9 Å². The van der Waals surface area contributed by atoms with Crippen LogP contribution in [0.5, 0.6) is 0 Å². The van der Waals surface area contributed by atoms with Gasteiger partial charge in [-0.25, -0.2) is 9.59 Å². The molecule has 4 nitrogen and oxygen atoms in total. The number of benzene rings is 2. The highest BCUT2D eigenvalue weighted by molar-refractivity contribution is 7.94. The summed E-state index contributed by atoms with van der Waals surface area (Å²) in [7, 11) is 0. The Morgan fingerprint density at radius 3 is 2.15 bits per heavy atom. The van der Waals surface area contributed by atoms with Crippen molar-refractivity contribution in [1.29, 1.82) is 0 Å². The number of carboxylic acid groups (broad SMARTS) is 1. The van der Waals surface area contributed by atoms with Crippen LogP contribution in [0.4, 0.5) is 0 Å². The summed E-state index contributed by atoms with van der Waals surface area (Å²) in [5.41, 5.74) is 1.53. The number of carboxylic acids is 1. The second-order valence-corrected chi connectivity index (χ2v) is 4.69. The Kier molecular flexibility index (Phi) is 4.79. The summed E-state index contributed by atoms with van der Waals surface area (Å²) in [4.78, 5) is 22.4. The summed E-state index contributed by atoms with van der Waals surface area (Å²) in [6.45, 7) is 0. The topological polar surface area (TPSA) is 63.6 Å². The monoisotopic (exact) mass is 288 g/mol. The van der Waals surface area contributed by atoms with Crippen molar-refractivity contribution in [2.45, 2.75) is 5.75 Å². The first kappa shape index (κ1) is 14.1. The van der Waals surface area contributed by atoms with Gasteiger partial charge in [-0.05, 0) is 29.8 Å². The Balaban J connectivity index is 1.87. The van der Waals surface area contributed by atoms with Crippen LogP contribution in [0.2, 0.25) is 0 Å². The van der Waals surface area contributed by atoms with Gasteiger partial charge in [-0.1, -0.05) is 30.3 Å². The van der Waals surface area contributed by atoms with Gasteiger partial charge in [0.05, 0.1) is 28.9 Å². The lowest BCUT2D eigenvalue weighted by atomic mass is 10.1. The first-order valence-electron chi connectivity index (χ1n) is 5.88. The number of carbonyl (C=O) groups excluding carboxylic acids is 1. The Labute approximate surface area is 120 Å². The first-order valence-corrected chi connectivity index (χ1v) is 6.79. The van der Waals surface area contributed by atoms with Gasteiger partial charge in [-0.15, -0.1) is 0 Å². The minimum Gasteiger partial charge on any atom is -0.478 e. The average molecular weight is 288 g/mol. The molecule has 0 heterocycles. The summed E-state index contributed by atoms with van der Waals surface area (Å²) < 4.78 is 5.06. The molecule has 20 heavy (non-hydrogen) atoms. The van der Waals surface area contributed by atoms with Crippen LogP contribution in [-0.4, -0.2) is 17.0 Å². The molecule has 0 aliphatic carbocycles. The molecule has 0 aliphatic rings. The smallest absolute Gasteiger partial charge is 0.350 e. The van der Waals surface area contributed by atoms with Gasteiger partial charge in [0.1, 0.15) is 0 Å². The van der Waals surface area contributed by atoms with Crippen LogP contribution in [-0.2, 0) is 9.94 Å². The van der Waals surface area contributed by atoms with Crippen LogP contribution in [0.25, 0.3) is 0 Å². The van der Waals surface area contributed by atoms with E-state index in [1.165, 1.54) is 24.3 Å². The van der Waals surface area contributed by atoms with E-state index in [-0.39, 0.29) is 5.56 Å². The number of rotatable bonds is 5. The molecule has 0 fully saturated rings. The lowest BCUT2D eigenvalue weighted by Crippen LogP contribution is -2.02. The van der Waals surface area contributed by atoms with Crippen molar-refractivity contribution in [3.8, 4) is 0 Å². The fraction of sp³-hybridized carbons (Fsp3) is 0.0667. The standard InChI is InChI=1S/C15H12O4S/c16-14(17)12-6-8-13(9-7-12)15(18)19-20-10-11-4-2-1-3-5-11/h1-9H,10H2,(H,16,17). The van der Waals surface area contributed by atoms with E-state index in [0.717, 1.165) is 17.6 Å². The van der Waals surface area contributed by atoms with Gasteiger partial charge in [0, 0.05) is 0 Å². The molecule has 2 aromatic carbocycles. The molecule has 0 bridgehead atoms. The predicted octanol–water partition coefficient (Wildman–Crippen LogP) is 3.39. The maximum Gasteiger partial charge on any atom is 0.350 e. The summed E-state index contributed by atoms with van der Waals surface area (Å²) >= 11 is 1.05. The highest BCUT2D eigenvalue weighted by atomic mass is 32.2. The first-order chi connectivity index (χ1) is 9.66. The van der Waals surface area contributed by atoms with Gasteiger partial charge in [-0.2, -0.15) is 0 Å². The highest BCUT2D eigenvalue weighted by Crippen LogP contribution is 2.16. The molecule has 0 radical (unpaired) electrons. The average Bonchev–Trinajstić information content (AvgIpc) is 2.48. The van der Waals surface area contributed by atoms with Crippen molar-refractivity contribution in [1.82, 2.24) is 0 Å². The zero-order valence-electron chi connectivity index (χ0n) is 10.5. The fourth-order valence-electron chi connectivity index (χ4n) is 1.52. The Hall–Kier alpha value is -2.27. The molecule has 0 aromatic heterocycles. The van der Waals surface area contributed by atoms with Crippen molar-refractivity contribution in [3.05, 3.63) is 71.3 Å².